The van der Waals surface area contributed by atoms with Gasteiger partial charge in [0.05, 0.1) is 6.54 Å². The summed E-state index contributed by atoms with van der Waals surface area (Å²) < 4.78 is 1.89. The van der Waals surface area contributed by atoms with Gasteiger partial charge in [-0.1, -0.05) is 6.07 Å². The standard InChI is InChI=1S/C14H13N3OS2/c18-9-12-13(15-14-16(12)5-7-20-14)17(10-3-4-10)8-11-2-1-6-19-11/h1-2,5-7,9-10H,3-4,8H2. The number of aldehydes is 1. The number of anilines is 1. The summed E-state index contributed by atoms with van der Waals surface area (Å²) in [7, 11) is 0. The molecule has 1 aliphatic carbocycles. The monoisotopic (exact) mass is 303 g/mol. The van der Waals surface area contributed by atoms with E-state index in [9.17, 15) is 4.79 Å². The minimum Gasteiger partial charge on any atom is -0.347 e. The Labute approximate surface area is 124 Å². The maximum Gasteiger partial charge on any atom is 0.196 e. The van der Waals surface area contributed by atoms with E-state index >= 15 is 0 Å². The molecule has 3 aromatic heterocycles. The highest BCUT2D eigenvalue weighted by atomic mass is 32.1. The number of thiazole rings is 1. The summed E-state index contributed by atoms with van der Waals surface area (Å²) in [6, 6.07) is 4.73. The summed E-state index contributed by atoms with van der Waals surface area (Å²) in [6.07, 6.45) is 5.21. The van der Waals surface area contributed by atoms with Crippen molar-refractivity contribution in [1.29, 1.82) is 0 Å². The third-order valence-corrected chi connectivity index (χ3v) is 5.18. The van der Waals surface area contributed by atoms with Crippen LogP contribution in [-0.2, 0) is 6.54 Å². The molecule has 1 fully saturated rings. The van der Waals surface area contributed by atoms with Gasteiger partial charge in [0.25, 0.3) is 0 Å². The number of carbonyl (C=O) groups excluding carboxylic acids is 1. The fraction of sp³-hybridized carbons (Fsp3) is 0.286. The molecule has 0 saturated heterocycles. The molecule has 20 heavy (non-hydrogen) atoms. The van der Waals surface area contributed by atoms with E-state index in [1.54, 1.807) is 22.7 Å². The largest absolute Gasteiger partial charge is 0.347 e. The maximum absolute atomic E-state index is 11.5. The minimum atomic E-state index is 0.528. The van der Waals surface area contributed by atoms with Gasteiger partial charge in [-0.25, -0.2) is 4.98 Å². The van der Waals surface area contributed by atoms with Crippen LogP contribution in [0.1, 0.15) is 28.2 Å². The van der Waals surface area contributed by atoms with Crippen LogP contribution in [0.3, 0.4) is 0 Å². The molecule has 102 valence electrons. The van der Waals surface area contributed by atoms with E-state index < -0.39 is 0 Å². The van der Waals surface area contributed by atoms with Gasteiger partial charge in [-0.2, -0.15) is 0 Å². The normalized spacial score (nSPS) is 14.8. The maximum atomic E-state index is 11.5. The summed E-state index contributed by atoms with van der Waals surface area (Å²) in [5, 5.41) is 4.05. The molecule has 4 rings (SSSR count). The lowest BCUT2D eigenvalue weighted by Crippen LogP contribution is -2.26. The zero-order valence-corrected chi connectivity index (χ0v) is 12.4. The van der Waals surface area contributed by atoms with Gasteiger partial charge in [0.1, 0.15) is 5.69 Å². The number of carbonyl (C=O) groups is 1. The van der Waals surface area contributed by atoms with Crippen molar-refractivity contribution < 1.29 is 4.79 Å². The van der Waals surface area contributed by atoms with Crippen molar-refractivity contribution >= 4 is 39.7 Å². The zero-order chi connectivity index (χ0) is 13.5. The summed E-state index contributed by atoms with van der Waals surface area (Å²) >= 11 is 3.32. The molecular weight excluding hydrogens is 290 g/mol. The quantitative estimate of drug-likeness (QED) is 0.678. The Kier molecular flexibility index (Phi) is 2.85. The first kappa shape index (κ1) is 12.1. The summed E-state index contributed by atoms with van der Waals surface area (Å²) in [4.78, 5) is 20.6. The smallest absolute Gasteiger partial charge is 0.196 e. The van der Waals surface area contributed by atoms with Gasteiger partial charge in [0, 0.05) is 22.5 Å². The minimum absolute atomic E-state index is 0.528. The lowest BCUT2D eigenvalue weighted by Gasteiger charge is -2.21. The van der Waals surface area contributed by atoms with Crippen molar-refractivity contribution in [1.82, 2.24) is 9.38 Å². The molecule has 0 aliphatic heterocycles. The number of hydrogen-bond donors (Lipinski definition) is 0. The zero-order valence-electron chi connectivity index (χ0n) is 10.7. The highest BCUT2D eigenvalue weighted by Gasteiger charge is 2.33. The Morgan fingerprint density at radius 1 is 1.40 bits per heavy atom. The average molecular weight is 303 g/mol. The molecular formula is C14H13N3OS2. The van der Waals surface area contributed by atoms with Crippen LogP contribution in [0, 0.1) is 0 Å². The number of thiophene rings is 1. The third-order valence-electron chi connectivity index (χ3n) is 3.56. The molecule has 3 heterocycles. The molecule has 1 saturated carbocycles. The Morgan fingerprint density at radius 2 is 2.30 bits per heavy atom. The molecule has 4 nitrogen and oxygen atoms in total. The SMILES string of the molecule is O=Cc1c(N(Cc2cccs2)C2CC2)nc2sccn12. The molecule has 0 spiro atoms. The topological polar surface area (TPSA) is 37.6 Å². The van der Waals surface area contributed by atoms with Gasteiger partial charge in [0.15, 0.2) is 17.1 Å². The Hall–Kier alpha value is -1.66. The number of fused-ring (bicyclic) bond motifs is 1. The number of rotatable bonds is 5. The Bertz CT molecular complexity index is 740. The molecule has 0 bridgehead atoms. The first-order valence-corrected chi connectivity index (χ1v) is 8.32. The summed E-state index contributed by atoms with van der Waals surface area (Å²) in [6.45, 7) is 0.841. The predicted molar refractivity (Wildman–Crippen MR) is 82.0 cm³/mol. The average Bonchev–Trinajstić information content (AvgIpc) is 2.88. The highest BCUT2D eigenvalue weighted by molar-refractivity contribution is 7.15. The van der Waals surface area contributed by atoms with Crippen LogP contribution >= 0.6 is 22.7 Å². The summed E-state index contributed by atoms with van der Waals surface area (Å²) in [5.41, 5.74) is 0.671. The Balaban J connectivity index is 1.77. The number of aromatic nitrogens is 2. The Morgan fingerprint density at radius 3 is 3.00 bits per heavy atom. The van der Waals surface area contributed by atoms with E-state index in [1.807, 2.05) is 16.0 Å². The van der Waals surface area contributed by atoms with Crippen molar-refractivity contribution in [2.75, 3.05) is 4.90 Å². The van der Waals surface area contributed by atoms with E-state index in [1.165, 1.54) is 17.7 Å². The van der Waals surface area contributed by atoms with Crippen LogP contribution in [0.25, 0.3) is 4.96 Å². The fourth-order valence-electron chi connectivity index (χ4n) is 2.45. The van der Waals surface area contributed by atoms with E-state index in [0.29, 0.717) is 11.7 Å². The second-order valence-electron chi connectivity index (χ2n) is 4.93. The highest BCUT2D eigenvalue weighted by Crippen LogP contribution is 2.35. The van der Waals surface area contributed by atoms with Crippen molar-refractivity contribution in [2.45, 2.75) is 25.4 Å². The van der Waals surface area contributed by atoms with Crippen molar-refractivity contribution in [3.8, 4) is 0 Å². The van der Waals surface area contributed by atoms with Crippen molar-refractivity contribution in [2.24, 2.45) is 0 Å². The fourth-order valence-corrected chi connectivity index (χ4v) is 3.87. The lowest BCUT2D eigenvalue weighted by molar-refractivity contribution is 0.111. The van der Waals surface area contributed by atoms with Gasteiger partial charge in [-0.05, 0) is 24.3 Å². The lowest BCUT2D eigenvalue weighted by atomic mass is 10.3. The van der Waals surface area contributed by atoms with Crippen LogP contribution in [0.15, 0.2) is 29.1 Å². The number of nitrogens with zero attached hydrogens (tertiary/aromatic N) is 3. The third kappa shape index (κ3) is 1.96. The first-order valence-electron chi connectivity index (χ1n) is 6.56. The van der Waals surface area contributed by atoms with E-state index in [-0.39, 0.29) is 0 Å². The van der Waals surface area contributed by atoms with E-state index in [4.69, 9.17) is 0 Å². The van der Waals surface area contributed by atoms with Gasteiger partial charge in [-0.3, -0.25) is 9.20 Å². The number of imidazole rings is 1. The summed E-state index contributed by atoms with van der Waals surface area (Å²) in [5.74, 6) is 0.836. The predicted octanol–water partition coefficient (Wildman–Crippen LogP) is 3.44. The molecule has 6 heteroatoms. The van der Waals surface area contributed by atoms with E-state index in [2.05, 4.69) is 27.4 Å². The second kappa shape index (κ2) is 4.71. The molecule has 1 aliphatic rings. The van der Waals surface area contributed by atoms with Gasteiger partial charge in [-0.15, -0.1) is 22.7 Å². The van der Waals surface area contributed by atoms with E-state index in [0.717, 1.165) is 23.6 Å². The second-order valence-corrected chi connectivity index (χ2v) is 6.84. The van der Waals surface area contributed by atoms with Crippen molar-refractivity contribution in [3.63, 3.8) is 0 Å². The van der Waals surface area contributed by atoms with Crippen LogP contribution in [0.2, 0.25) is 0 Å². The van der Waals surface area contributed by atoms with Crippen LogP contribution in [0.5, 0.6) is 0 Å². The number of hydrogen-bond acceptors (Lipinski definition) is 5. The van der Waals surface area contributed by atoms with Crippen molar-refractivity contribution in [3.05, 3.63) is 39.7 Å². The van der Waals surface area contributed by atoms with Gasteiger partial charge < -0.3 is 4.90 Å². The molecule has 0 unspecified atom stereocenters. The molecule has 0 aromatic carbocycles. The molecule has 0 amide bonds. The van der Waals surface area contributed by atoms with Crippen LogP contribution in [-0.4, -0.2) is 21.7 Å². The molecule has 0 radical (unpaired) electrons. The molecule has 0 N–H and O–H groups in total. The van der Waals surface area contributed by atoms with Crippen LogP contribution < -0.4 is 4.90 Å². The molecule has 3 aromatic rings. The van der Waals surface area contributed by atoms with Crippen LogP contribution in [0.4, 0.5) is 5.82 Å². The molecule has 0 atom stereocenters. The van der Waals surface area contributed by atoms with Gasteiger partial charge in [0.2, 0.25) is 0 Å². The van der Waals surface area contributed by atoms with Gasteiger partial charge >= 0.3 is 0 Å². The first-order chi connectivity index (χ1) is 9.86.